The molecule has 2 rings (SSSR count). The summed E-state index contributed by atoms with van der Waals surface area (Å²) >= 11 is 0. The smallest absolute Gasteiger partial charge is 0.0555 e. The first kappa shape index (κ1) is 9.69. The van der Waals surface area contributed by atoms with Gasteiger partial charge in [0.2, 0.25) is 0 Å². The summed E-state index contributed by atoms with van der Waals surface area (Å²) in [4.78, 5) is 0. The Morgan fingerprint density at radius 3 is 2.50 bits per heavy atom. The zero-order valence-electron chi connectivity index (χ0n) is 8.37. The van der Waals surface area contributed by atoms with E-state index in [0.717, 1.165) is 6.54 Å². The van der Waals surface area contributed by atoms with Crippen LogP contribution in [0.5, 0.6) is 0 Å². The lowest BCUT2D eigenvalue weighted by molar-refractivity contribution is 0.290. The molecule has 2 N–H and O–H groups in total. The molecule has 76 valence electrons. The van der Waals surface area contributed by atoms with Gasteiger partial charge in [-0.2, -0.15) is 0 Å². The molecule has 0 radical (unpaired) electrons. The van der Waals surface area contributed by atoms with E-state index in [1.807, 2.05) is 0 Å². The summed E-state index contributed by atoms with van der Waals surface area (Å²) in [5, 5.41) is 12.0. The van der Waals surface area contributed by atoms with E-state index >= 15 is 0 Å². The van der Waals surface area contributed by atoms with Crippen molar-refractivity contribution < 1.29 is 5.11 Å². The number of aliphatic hydroxyl groups excluding tert-OH is 1. The van der Waals surface area contributed by atoms with Crippen LogP contribution in [0.2, 0.25) is 0 Å². The van der Waals surface area contributed by atoms with Gasteiger partial charge >= 0.3 is 0 Å². The van der Waals surface area contributed by atoms with Crippen LogP contribution in [0.4, 0.5) is 0 Å². The molecule has 1 saturated carbocycles. The van der Waals surface area contributed by atoms with Crippen molar-refractivity contribution in [2.24, 2.45) is 0 Å². The van der Waals surface area contributed by atoms with Gasteiger partial charge in [-0.1, -0.05) is 30.3 Å². The number of nitrogens with one attached hydrogen (secondary N) is 1. The van der Waals surface area contributed by atoms with Crippen molar-refractivity contribution in [3.63, 3.8) is 0 Å². The zero-order valence-corrected chi connectivity index (χ0v) is 8.37. The standard InChI is InChI=1S/C12H17NO/c14-9-8-13-10-12(6-7-12)11-4-2-1-3-5-11/h1-5,13-14H,6-10H2. The van der Waals surface area contributed by atoms with Gasteiger partial charge in [-0.05, 0) is 18.4 Å². The van der Waals surface area contributed by atoms with Crippen molar-refractivity contribution in [3.05, 3.63) is 35.9 Å². The van der Waals surface area contributed by atoms with Crippen LogP contribution in [0, 0.1) is 0 Å². The van der Waals surface area contributed by atoms with E-state index in [9.17, 15) is 0 Å². The fraction of sp³-hybridized carbons (Fsp3) is 0.500. The highest BCUT2D eigenvalue weighted by atomic mass is 16.3. The Balaban J connectivity index is 1.96. The maximum atomic E-state index is 8.69. The highest BCUT2D eigenvalue weighted by Gasteiger charge is 2.43. The van der Waals surface area contributed by atoms with E-state index in [0.29, 0.717) is 12.0 Å². The minimum Gasteiger partial charge on any atom is -0.395 e. The third-order valence-corrected chi connectivity index (χ3v) is 2.99. The fourth-order valence-electron chi connectivity index (χ4n) is 1.92. The minimum atomic E-state index is 0.227. The van der Waals surface area contributed by atoms with Gasteiger partial charge in [0.1, 0.15) is 0 Å². The van der Waals surface area contributed by atoms with Gasteiger partial charge in [-0.3, -0.25) is 0 Å². The molecule has 0 unspecified atom stereocenters. The van der Waals surface area contributed by atoms with E-state index in [4.69, 9.17) is 5.11 Å². The molecule has 0 heterocycles. The Kier molecular flexibility index (Phi) is 2.85. The summed E-state index contributed by atoms with van der Waals surface area (Å²) in [5.41, 5.74) is 1.81. The van der Waals surface area contributed by atoms with Gasteiger partial charge in [-0.15, -0.1) is 0 Å². The van der Waals surface area contributed by atoms with E-state index in [1.54, 1.807) is 0 Å². The molecule has 0 saturated heterocycles. The number of benzene rings is 1. The number of aliphatic hydroxyl groups is 1. The number of hydrogen-bond donors (Lipinski definition) is 2. The van der Waals surface area contributed by atoms with Crippen molar-refractivity contribution in [1.29, 1.82) is 0 Å². The Morgan fingerprint density at radius 2 is 1.93 bits per heavy atom. The van der Waals surface area contributed by atoms with Crippen LogP contribution in [-0.2, 0) is 5.41 Å². The van der Waals surface area contributed by atoms with Gasteiger partial charge in [0.15, 0.2) is 0 Å². The molecule has 0 atom stereocenters. The Bertz CT molecular complexity index is 280. The normalized spacial score (nSPS) is 18.1. The molecule has 1 aliphatic rings. The molecule has 1 aliphatic carbocycles. The van der Waals surface area contributed by atoms with Gasteiger partial charge in [-0.25, -0.2) is 0 Å². The third kappa shape index (κ3) is 1.97. The first-order valence-electron chi connectivity index (χ1n) is 5.24. The maximum absolute atomic E-state index is 8.69. The average Bonchev–Trinajstić information content (AvgIpc) is 3.01. The fourth-order valence-corrected chi connectivity index (χ4v) is 1.92. The van der Waals surface area contributed by atoms with E-state index in [1.165, 1.54) is 18.4 Å². The molecule has 0 aliphatic heterocycles. The lowest BCUT2D eigenvalue weighted by atomic mass is 9.96. The first-order valence-corrected chi connectivity index (χ1v) is 5.24. The maximum Gasteiger partial charge on any atom is 0.0555 e. The molecule has 0 aromatic heterocycles. The van der Waals surface area contributed by atoms with Crippen LogP contribution >= 0.6 is 0 Å². The molecule has 0 bridgehead atoms. The van der Waals surface area contributed by atoms with Crippen LogP contribution in [0.15, 0.2) is 30.3 Å². The van der Waals surface area contributed by atoms with Gasteiger partial charge in [0.25, 0.3) is 0 Å². The molecule has 2 nitrogen and oxygen atoms in total. The Labute approximate surface area is 85.0 Å². The van der Waals surface area contributed by atoms with E-state index in [-0.39, 0.29) is 6.61 Å². The largest absolute Gasteiger partial charge is 0.395 e. The summed E-state index contributed by atoms with van der Waals surface area (Å²) in [7, 11) is 0. The molecule has 1 fully saturated rings. The van der Waals surface area contributed by atoms with Crippen LogP contribution < -0.4 is 5.32 Å². The van der Waals surface area contributed by atoms with E-state index in [2.05, 4.69) is 35.6 Å². The number of hydrogen-bond acceptors (Lipinski definition) is 2. The monoisotopic (exact) mass is 191 g/mol. The zero-order chi connectivity index (χ0) is 9.86. The number of rotatable bonds is 5. The molecule has 2 heteroatoms. The lowest BCUT2D eigenvalue weighted by Crippen LogP contribution is -2.29. The second kappa shape index (κ2) is 4.11. The van der Waals surface area contributed by atoms with Gasteiger partial charge < -0.3 is 10.4 Å². The van der Waals surface area contributed by atoms with Crippen LogP contribution in [0.25, 0.3) is 0 Å². The van der Waals surface area contributed by atoms with Crippen LogP contribution in [-0.4, -0.2) is 24.8 Å². The molecular weight excluding hydrogens is 174 g/mol. The van der Waals surface area contributed by atoms with Gasteiger partial charge in [0.05, 0.1) is 6.61 Å². The predicted molar refractivity (Wildman–Crippen MR) is 57.3 cm³/mol. The highest BCUT2D eigenvalue weighted by Crippen LogP contribution is 2.47. The van der Waals surface area contributed by atoms with E-state index < -0.39 is 0 Å². The molecular formula is C12H17NO. The molecule has 0 amide bonds. The average molecular weight is 191 g/mol. The predicted octanol–water partition coefficient (Wildman–Crippen LogP) is 1.30. The molecule has 1 aromatic carbocycles. The summed E-state index contributed by atoms with van der Waals surface area (Å²) in [6, 6.07) is 10.7. The van der Waals surface area contributed by atoms with Crippen molar-refractivity contribution in [3.8, 4) is 0 Å². The van der Waals surface area contributed by atoms with Crippen molar-refractivity contribution >= 4 is 0 Å². The summed E-state index contributed by atoms with van der Waals surface area (Å²) in [6.45, 7) is 1.93. The van der Waals surface area contributed by atoms with Crippen LogP contribution in [0.3, 0.4) is 0 Å². The second-order valence-electron chi connectivity index (χ2n) is 4.05. The Hall–Kier alpha value is -0.860. The van der Waals surface area contributed by atoms with Crippen molar-refractivity contribution in [2.45, 2.75) is 18.3 Å². The first-order chi connectivity index (χ1) is 6.87. The second-order valence-corrected chi connectivity index (χ2v) is 4.05. The minimum absolute atomic E-state index is 0.227. The van der Waals surface area contributed by atoms with Crippen LogP contribution in [0.1, 0.15) is 18.4 Å². The lowest BCUT2D eigenvalue weighted by Gasteiger charge is -2.15. The Morgan fingerprint density at radius 1 is 1.21 bits per heavy atom. The molecule has 1 aromatic rings. The summed E-state index contributed by atoms with van der Waals surface area (Å²) < 4.78 is 0. The summed E-state index contributed by atoms with van der Waals surface area (Å²) in [5.74, 6) is 0. The van der Waals surface area contributed by atoms with Crippen molar-refractivity contribution in [2.75, 3.05) is 19.7 Å². The quantitative estimate of drug-likeness (QED) is 0.688. The topological polar surface area (TPSA) is 32.3 Å². The van der Waals surface area contributed by atoms with Gasteiger partial charge in [0, 0.05) is 18.5 Å². The van der Waals surface area contributed by atoms with Crippen molar-refractivity contribution in [1.82, 2.24) is 5.32 Å². The third-order valence-electron chi connectivity index (χ3n) is 2.99. The molecule has 14 heavy (non-hydrogen) atoms. The molecule has 0 spiro atoms. The highest BCUT2D eigenvalue weighted by molar-refractivity contribution is 5.31. The summed E-state index contributed by atoms with van der Waals surface area (Å²) in [6.07, 6.45) is 2.55. The SMILES string of the molecule is OCCNCC1(c2ccccc2)CC1.